The fourth-order valence-electron chi connectivity index (χ4n) is 0.944. The van der Waals surface area contributed by atoms with Gasteiger partial charge in [0.05, 0.1) is 0 Å². The first-order valence-electron chi connectivity index (χ1n) is 4.43. The average Bonchev–Trinajstić information content (AvgIpc) is 2.17. The van der Waals surface area contributed by atoms with E-state index in [1.165, 1.54) is 0 Å². The summed E-state index contributed by atoms with van der Waals surface area (Å²) in [6.45, 7) is 2.62. The normalized spacial score (nSPS) is 12.4. The van der Waals surface area contributed by atoms with Gasteiger partial charge in [-0.15, -0.1) is 0 Å². The van der Waals surface area contributed by atoms with Crippen LogP contribution in [0.2, 0.25) is 0 Å². The highest BCUT2D eigenvalue weighted by Crippen LogP contribution is 2.09. The molecule has 5 heteroatoms. The van der Waals surface area contributed by atoms with Crippen molar-refractivity contribution in [3.05, 3.63) is 22.8 Å². The highest BCUT2D eigenvalue weighted by atomic mass is 79.9. The van der Waals surface area contributed by atoms with Crippen LogP contribution in [0, 0.1) is 0 Å². The Morgan fingerprint density at radius 3 is 3.00 bits per heavy atom. The van der Waals surface area contributed by atoms with Crippen LogP contribution in [-0.4, -0.2) is 27.2 Å². The molecule has 1 aromatic rings. The highest BCUT2D eigenvalue weighted by Gasteiger charge is 1.97. The molecule has 0 saturated carbocycles. The van der Waals surface area contributed by atoms with Crippen LogP contribution >= 0.6 is 15.9 Å². The molecule has 1 aromatic heterocycles. The van der Waals surface area contributed by atoms with Gasteiger partial charge in [0.15, 0.2) is 0 Å². The van der Waals surface area contributed by atoms with Gasteiger partial charge in [0.25, 0.3) is 0 Å². The molecule has 14 heavy (non-hydrogen) atoms. The van der Waals surface area contributed by atoms with Crippen molar-refractivity contribution in [2.24, 2.45) is 0 Å². The summed E-state index contributed by atoms with van der Waals surface area (Å²) in [7, 11) is -0.708. The van der Waals surface area contributed by atoms with E-state index in [-0.39, 0.29) is 0 Å². The number of pyridine rings is 1. The van der Waals surface area contributed by atoms with E-state index in [1.54, 1.807) is 0 Å². The number of halogens is 1. The zero-order valence-corrected chi connectivity index (χ0v) is 10.4. The van der Waals surface area contributed by atoms with E-state index in [9.17, 15) is 4.21 Å². The first kappa shape index (κ1) is 11.7. The summed E-state index contributed by atoms with van der Waals surface area (Å²) in [5, 5.41) is 3.12. The third kappa shape index (κ3) is 4.19. The Morgan fingerprint density at radius 2 is 2.36 bits per heavy atom. The number of nitrogens with zero attached hydrogens (tertiary/aromatic N) is 1. The zero-order valence-electron chi connectivity index (χ0n) is 8.00. The Kier molecular flexibility index (Phi) is 5.11. The second-order valence-corrected chi connectivity index (χ2v) is 5.38. The predicted octanol–water partition coefficient (Wildman–Crippen LogP) is 2.02. The molecule has 0 saturated heterocycles. The molecule has 1 N–H and O–H groups in total. The maximum Gasteiger partial charge on any atom is 0.127 e. The van der Waals surface area contributed by atoms with Gasteiger partial charge in [-0.2, -0.15) is 0 Å². The van der Waals surface area contributed by atoms with Gasteiger partial charge in [0.1, 0.15) is 10.4 Å². The minimum atomic E-state index is -0.708. The largest absolute Gasteiger partial charge is 0.369 e. The van der Waals surface area contributed by atoms with Gasteiger partial charge in [0, 0.05) is 28.9 Å². The van der Waals surface area contributed by atoms with E-state index in [1.807, 2.05) is 25.1 Å². The monoisotopic (exact) mass is 276 g/mol. The van der Waals surface area contributed by atoms with Crippen molar-refractivity contribution < 1.29 is 4.21 Å². The number of anilines is 1. The van der Waals surface area contributed by atoms with E-state index in [0.29, 0.717) is 18.1 Å². The van der Waals surface area contributed by atoms with E-state index in [2.05, 4.69) is 26.2 Å². The average molecular weight is 277 g/mol. The first-order valence-corrected chi connectivity index (χ1v) is 6.72. The Hall–Kier alpha value is -0.420. The molecule has 0 spiro atoms. The van der Waals surface area contributed by atoms with Crippen molar-refractivity contribution in [2.45, 2.75) is 6.92 Å². The first-order chi connectivity index (χ1) is 6.72. The van der Waals surface area contributed by atoms with Crippen molar-refractivity contribution >= 4 is 32.5 Å². The van der Waals surface area contributed by atoms with E-state index < -0.39 is 10.8 Å². The zero-order chi connectivity index (χ0) is 10.4. The van der Waals surface area contributed by atoms with Gasteiger partial charge in [-0.1, -0.05) is 13.0 Å². The molecule has 0 aliphatic heterocycles. The molecule has 0 fully saturated rings. The van der Waals surface area contributed by atoms with Crippen LogP contribution in [0.1, 0.15) is 6.92 Å². The minimum absolute atomic E-state index is 0.671. The molecule has 0 radical (unpaired) electrons. The van der Waals surface area contributed by atoms with Gasteiger partial charge < -0.3 is 5.32 Å². The molecule has 3 nitrogen and oxygen atoms in total. The van der Waals surface area contributed by atoms with Crippen molar-refractivity contribution in [3.8, 4) is 0 Å². The third-order valence-corrected chi connectivity index (χ3v) is 3.42. The fraction of sp³-hybridized carbons (Fsp3) is 0.444. The molecule has 1 atom stereocenters. The maximum absolute atomic E-state index is 11.1. The van der Waals surface area contributed by atoms with E-state index >= 15 is 0 Å². The Balaban J connectivity index is 2.35. The molecule has 0 amide bonds. The lowest BCUT2D eigenvalue weighted by Crippen LogP contribution is -2.12. The minimum Gasteiger partial charge on any atom is -0.369 e. The molecule has 1 unspecified atom stereocenters. The van der Waals surface area contributed by atoms with Crippen molar-refractivity contribution in [1.29, 1.82) is 0 Å². The molecule has 1 heterocycles. The molecule has 78 valence electrons. The van der Waals surface area contributed by atoms with Crippen LogP contribution in [0.25, 0.3) is 0 Å². The van der Waals surface area contributed by atoms with Gasteiger partial charge in [-0.3, -0.25) is 4.21 Å². The van der Waals surface area contributed by atoms with Crippen LogP contribution < -0.4 is 5.32 Å². The van der Waals surface area contributed by atoms with Crippen LogP contribution in [-0.2, 0) is 10.8 Å². The summed E-state index contributed by atoms with van der Waals surface area (Å²) in [5.41, 5.74) is 0. The Morgan fingerprint density at radius 1 is 1.57 bits per heavy atom. The molecular weight excluding hydrogens is 264 g/mol. The lowest BCUT2D eigenvalue weighted by Gasteiger charge is -2.04. The molecule has 0 bridgehead atoms. The van der Waals surface area contributed by atoms with Crippen LogP contribution in [0.15, 0.2) is 22.8 Å². The molecule has 0 aliphatic rings. The summed E-state index contributed by atoms with van der Waals surface area (Å²) < 4.78 is 11.9. The smallest absolute Gasteiger partial charge is 0.127 e. The van der Waals surface area contributed by atoms with Crippen LogP contribution in [0.5, 0.6) is 0 Å². The van der Waals surface area contributed by atoms with E-state index in [0.717, 1.165) is 10.4 Å². The van der Waals surface area contributed by atoms with Gasteiger partial charge in [-0.05, 0) is 28.1 Å². The Labute approximate surface area is 94.9 Å². The quantitative estimate of drug-likeness (QED) is 0.837. The summed E-state index contributed by atoms with van der Waals surface area (Å²) in [5.74, 6) is 2.20. The maximum atomic E-state index is 11.1. The number of rotatable bonds is 5. The van der Waals surface area contributed by atoms with Gasteiger partial charge in [-0.25, -0.2) is 4.98 Å². The molecule has 1 rings (SSSR count). The molecular formula is C9H13BrN2OS. The Bertz CT molecular complexity index is 319. The van der Waals surface area contributed by atoms with Crippen LogP contribution in [0.4, 0.5) is 5.82 Å². The fourth-order valence-corrected chi connectivity index (χ4v) is 1.91. The summed E-state index contributed by atoms with van der Waals surface area (Å²) in [6, 6.07) is 5.67. The summed E-state index contributed by atoms with van der Waals surface area (Å²) in [6.07, 6.45) is 0. The molecule has 0 aromatic carbocycles. The molecule has 0 aliphatic carbocycles. The summed E-state index contributed by atoms with van der Waals surface area (Å²) in [4.78, 5) is 4.20. The number of hydrogen-bond donors (Lipinski definition) is 1. The SMILES string of the molecule is CCS(=O)CCNc1cccc(Br)n1. The lowest BCUT2D eigenvalue weighted by molar-refractivity contribution is 0.684. The van der Waals surface area contributed by atoms with Crippen molar-refractivity contribution in [1.82, 2.24) is 4.98 Å². The second kappa shape index (κ2) is 6.14. The second-order valence-electron chi connectivity index (χ2n) is 2.70. The topological polar surface area (TPSA) is 42.0 Å². The predicted molar refractivity (Wildman–Crippen MR) is 64.0 cm³/mol. The van der Waals surface area contributed by atoms with Crippen molar-refractivity contribution in [3.63, 3.8) is 0 Å². The number of hydrogen-bond acceptors (Lipinski definition) is 3. The van der Waals surface area contributed by atoms with Crippen molar-refractivity contribution in [2.75, 3.05) is 23.4 Å². The summed E-state index contributed by atoms with van der Waals surface area (Å²) >= 11 is 3.29. The standard InChI is InChI=1S/C9H13BrN2OS/c1-2-14(13)7-6-11-9-5-3-4-8(10)12-9/h3-5H,2,6-7H2,1H3,(H,11,12). The third-order valence-electron chi connectivity index (χ3n) is 1.67. The van der Waals surface area contributed by atoms with Crippen LogP contribution in [0.3, 0.4) is 0 Å². The number of nitrogens with one attached hydrogen (secondary N) is 1. The number of aromatic nitrogens is 1. The highest BCUT2D eigenvalue weighted by molar-refractivity contribution is 9.10. The lowest BCUT2D eigenvalue weighted by atomic mass is 10.4. The van der Waals surface area contributed by atoms with E-state index in [4.69, 9.17) is 0 Å². The van der Waals surface area contributed by atoms with Gasteiger partial charge >= 0.3 is 0 Å². The van der Waals surface area contributed by atoms with Gasteiger partial charge in [0.2, 0.25) is 0 Å².